The molecule has 0 atom stereocenters. The summed E-state index contributed by atoms with van der Waals surface area (Å²) in [6, 6.07) is 0. The van der Waals surface area contributed by atoms with Crippen LogP contribution in [0.15, 0.2) is 12.4 Å². The number of ether oxygens (including phenoxy) is 2. The lowest BCUT2D eigenvalue weighted by Crippen LogP contribution is -2.11. The van der Waals surface area contributed by atoms with Crippen LogP contribution in [-0.2, 0) is 11.3 Å². The molecule has 0 amide bonds. The molecule has 96 valence electrons. The van der Waals surface area contributed by atoms with E-state index in [0.717, 1.165) is 25.1 Å². The Hall–Kier alpha value is -1.20. The zero-order valence-corrected chi connectivity index (χ0v) is 10.6. The molecule has 0 spiro atoms. The van der Waals surface area contributed by atoms with E-state index in [-0.39, 0.29) is 0 Å². The normalized spacial score (nSPS) is 10.5. The fraction of sp³-hybridized carbons (Fsp3) is 0.667. The molecule has 1 aromatic rings. The lowest BCUT2D eigenvalue weighted by Gasteiger charge is -2.06. The van der Waals surface area contributed by atoms with Gasteiger partial charge in [0.15, 0.2) is 0 Å². The molecule has 0 aliphatic carbocycles. The van der Waals surface area contributed by atoms with E-state index in [2.05, 4.69) is 22.2 Å². The summed E-state index contributed by atoms with van der Waals surface area (Å²) < 4.78 is 10.8. The highest BCUT2D eigenvalue weighted by atomic mass is 16.5. The van der Waals surface area contributed by atoms with Crippen LogP contribution in [-0.4, -0.2) is 36.8 Å². The van der Waals surface area contributed by atoms with E-state index in [9.17, 15) is 0 Å². The quantitative estimate of drug-likeness (QED) is 0.660. The Kier molecular flexibility index (Phi) is 7.25. The Labute approximate surface area is 103 Å². The molecule has 0 radical (unpaired) electrons. The van der Waals surface area contributed by atoms with Gasteiger partial charge in [-0.3, -0.25) is 4.98 Å². The second-order valence-corrected chi connectivity index (χ2v) is 3.69. The first-order valence-corrected chi connectivity index (χ1v) is 6.03. The van der Waals surface area contributed by atoms with Crippen LogP contribution in [0.1, 0.15) is 25.5 Å². The largest absolute Gasteiger partial charge is 0.474 e. The molecule has 1 aromatic heterocycles. The summed E-state index contributed by atoms with van der Waals surface area (Å²) >= 11 is 0. The maximum Gasteiger partial charge on any atom is 0.232 e. The van der Waals surface area contributed by atoms with Crippen LogP contribution in [0.4, 0.5) is 0 Å². The third kappa shape index (κ3) is 6.19. The van der Waals surface area contributed by atoms with Crippen molar-refractivity contribution in [2.24, 2.45) is 0 Å². The Morgan fingerprint density at radius 3 is 2.88 bits per heavy atom. The second-order valence-electron chi connectivity index (χ2n) is 3.69. The van der Waals surface area contributed by atoms with E-state index in [0.29, 0.717) is 25.6 Å². The lowest BCUT2D eigenvalue weighted by atomic mass is 10.4. The van der Waals surface area contributed by atoms with Crippen molar-refractivity contribution in [1.82, 2.24) is 15.3 Å². The van der Waals surface area contributed by atoms with Gasteiger partial charge in [0.25, 0.3) is 0 Å². The third-order valence-electron chi connectivity index (χ3n) is 2.14. The van der Waals surface area contributed by atoms with E-state index in [1.807, 2.05) is 7.05 Å². The highest BCUT2D eigenvalue weighted by Gasteiger charge is 1.98. The molecule has 1 rings (SSSR count). The average molecular weight is 239 g/mol. The minimum atomic E-state index is 0.515. The Morgan fingerprint density at radius 1 is 1.24 bits per heavy atom. The summed E-state index contributed by atoms with van der Waals surface area (Å²) in [5, 5.41) is 3.02. The van der Waals surface area contributed by atoms with Crippen molar-refractivity contribution in [3.05, 3.63) is 18.1 Å². The number of hydrogen-bond donors (Lipinski definition) is 1. The zero-order chi connectivity index (χ0) is 12.3. The maximum absolute atomic E-state index is 5.45. The van der Waals surface area contributed by atoms with Gasteiger partial charge in [-0.2, -0.15) is 0 Å². The van der Waals surface area contributed by atoms with Gasteiger partial charge in [-0.05, 0) is 13.5 Å². The van der Waals surface area contributed by atoms with Gasteiger partial charge in [-0.1, -0.05) is 13.3 Å². The van der Waals surface area contributed by atoms with Crippen LogP contribution < -0.4 is 10.1 Å². The van der Waals surface area contributed by atoms with E-state index in [4.69, 9.17) is 9.47 Å². The van der Waals surface area contributed by atoms with E-state index in [1.54, 1.807) is 12.4 Å². The molecule has 1 heterocycles. The molecule has 5 heteroatoms. The highest BCUT2D eigenvalue weighted by Crippen LogP contribution is 2.04. The van der Waals surface area contributed by atoms with E-state index < -0.39 is 0 Å². The summed E-state index contributed by atoms with van der Waals surface area (Å²) in [6.45, 7) is 4.74. The topological polar surface area (TPSA) is 56.3 Å². The maximum atomic E-state index is 5.45. The monoisotopic (exact) mass is 239 g/mol. The lowest BCUT2D eigenvalue weighted by molar-refractivity contribution is 0.0963. The van der Waals surface area contributed by atoms with Crippen LogP contribution in [0.2, 0.25) is 0 Å². The van der Waals surface area contributed by atoms with Crippen LogP contribution in [0.3, 0.4) is 0 Å². The summed E-state index contributed by atoms with van der Waals surface area (Å²) in [5.74, 6) is 0.553. The van der Waals surface area contributed by atoms with Crippen molar-refractivity contribution in [3.8, 4) is 5.88 Å². The first-order chi connectivity index (χ1) is 8.36. The first kappa shape index (κ1) is 13.9. The van der Waals surface area contributed by atoms with Gasteiger partial charge in [0, 0.05) is 19.3 Å². The smallest absolute Gasteiger partial charge is 0.232 e. The summed E-state index contributed by atoms with van der Waals surface area (Å²) in [7, 11) is 1.87. The number of rotatable bonds is 9. The SMILES string of the molecule is CCCCOCCOc1cncc(CNC)n1. The molecule has 0 aliphatic rings. The molecule has 0 aliphatic heterocycles. The molecule has 0 saturated carbocycles. The molecule has 0 unspecified atom stereocenters. The standard InChI is InChI=1S/C12H21N3O2/c1-3-4-5-16-6-7-17-12-10-14-9-11(15-12)8-13-2/h9-10,13H,3-8H2,1-2H3. The van der Waals surface area contributed by atoms with Crippen molar-refractivity contribution in [2.75, 3.05) is 26.9 Å². The number of hydrogen-bond acceptors (Lipinski definition) is 5. The van der Waals surface area contributed by atoms with Gasteiger partial charge in [0.05, 0.1) is 18.5 Å². The van der Waals surface area contributed by atoms with Crippen molar-refractivity contribution < 1.29 is 9.47 Å². The molecular weight excluding hydrogens is 218 g/mol. The number of unbranched alkanes of at least 4 members (excludes halogenated alkanes) is 1. The molecule has 1 N–H and O–H groups in total. The molecule has 0 fully saturated rings. The zero-order valence-electron chi connectivity index (χ0n) is 10.6. The second kappa shape index (κ2) is 8.90. The molecule has 17 heavy (non-hydrogen) atoms. The Morgan fingerprint density at radius 2 is 2.12 bits per heavy atom. The van der Waals surface area contributed by atoms with Gasteiger partial charge in [-0.15, -0.1) is 0 Å². The molecule has 0 aromatic carbocycles. The van der Waals surface area contributed by atoms with Crippen molar-refractivity contribution in [1.29, 1.82) is 0 Å². The minimum Gasteiger partial charge on any atom is -0.474 e. The van der Waals surface area contributed by atoms with Crippen LogP contribution >= 0.6 is 0 Å². The van der Waals surface area contributed by atoms with Crippen LogP contribution in [0.5, 0.6) is 5.88 Å². The van der Waals surface area contributed by atoms with Gasteiger partial charge in [0.1, 0.15) is 6.61 Å². The number of nitrogens with zero attached hydrogens (tertiary/aromatic N) is 2. The highest BCUT2D eigenvalue weighted by molar-refractivity contribution is 5.08. The third-order valence-corrected chi connectivity index (χ3v) is 2.14. The first-order valence-electron chi connectivity index (χ1n) is 6.03. The van der Waals surface area contributed by atoms with E-state index >= 15 is 0 Å². The predicted octanol–water partition coefficient (Wildman–Crippen LogP) is 1.39. The van der Waals surface area contributed by atoms with Gasteiger partial charge in [-0.25, -0.2) is 4.98 Å². The summed E-state index contributed by atoms with van der Waals surface area (Å²) in [6.07, 6.45) is 5.59. The number of aromatic nitrogens is 2. The van der Waals surface area contributed by atoms with Crippen LogP contribution in [0.25, 0.3) is 0 Å². The van der Waals surface area contributed by atoms with Crippen molar-refractivity contribution in [3.63, 3.8) is 0 Å². The van der Waals surface area contributed by atoms with Gasteiger partial charge < -0.3 is 14.8 Å². The fourth-order valence-corrected chi connectivity index (χ4v) is 1.28. The number of nitrogens with one attached hydrogen (secondary N) is 1. The molecule has 0 saturated heterocycles. The Balaban J connectivity index is 2.19. The van der Waals surface area contributed by atoms with Crippen LogP contribution in [0, 0.1) is 0 Å². The summed E-state index contributed by atoms with van der Waals surface area (Å²) in [5.41, 5.74) is 0.872. The molecule has 5 nitrogen and oxygen atoms in total. The van der Waals surface area contributed by atoms with E-state index in [1.165, 1.54) is 0 Å². The molecule has 0 bridgehead atoms. The summed E-state index contributed by atoms with van der Waals surface area (Å²) in [4.78, 5) is 8.36. The fourth-order valence-electron chi connectivity index (χ4n) is 1.28. The predicted molar refractivity (Wildman–Crippen MR) is 66.0 cm³/mol. The average Bonchev–Trinajstić information content (AvgIpc) is 2.35. The van der Waals surface area contributed by atoms with Gasteiger partial charge >= 0.3 is 0 Å². The van der Waals surface area contributed by atoms with Gasteiger partial charge in [0.2, 0.25) is 5.88 Å². The van der Waals surface area contributed by atoms with Crippen molar-refractivity contribution in [2.45, 2.75) is 26.3 Å². The Bertz CT molecular complexity index is 308. The van der Waals surface area contributed by atoms with Crippen molar-refractivity contribution >= 4 is 0 Å². The molecular formula is C12H21N3O2. The minimum absolute atomic E-state index is 0.515.